The summed E-state index contributed by atoms with van der Waals surface area (Å²) in [6.07, 6.45) is 3.01. The van der Waals surface area contributed by atoms with Gasteiger partial charge in [-0.25, -0.2) is 0 Å². The van der Waals surface area contributed by atoms with Gasteiger partial charge in [0.2, 0.25) is 5.91 Å². The minimum atomic E-state index is -0.783. The predicted octanol–water partition coefficient (Wildman–Crippen LogP) is 0.220. The number of nitrogens with one attached hydrogen (secondary N) is 1. The Bertz CT molecular complexity index is 209. The largest absolute Gasteiger partial charge is 0.388 e. The van der Waals surface area contributed by atoms with E-state index in [1.54, 1.807) is 6.08 Å². The maximum atomic E-state index is 11.1. The fraction of sp³-hybridized carbons (Fsp3) is 0.700. The zero-order valence-electron chi connectivity index (χ0n) is 8.29. The Hall–Kier alpha value is -0.870. The quantitative estimate of drug-likeness (QED) is 0.637. The van der Waals surface area contributed by atoms with Gasteiger partial charge < -0.3 is 15.2 Å². The Morgan fingerprint density at radius 1 is 1.57 bits per heavy atom. The van der Waals surface area contributed by atoms with Crippen molar-refractivity contribution in [1.82, 2.24) is 5.32 Å². The lowest BCUT2D eigenvalue weighted by Gasteiger charge is -2.31. The summed E-state index contributed by atoms with van der Waals surface area (Å²) in [4.78, 5) is 11.1. The first-order chi connectivity index (χ1) is 6.66. The highest BCUT2D eigenvalue weighted by Crippen LogP contribution is 2.19. The zero-order chi connectivity index (χ0) is 10.4. The van der Waals surface area contributed by atoms with Gasteiger partial charge in [-0.05, 0) is 0 Å². The molecule has 0 atom stereocenters. The Kier molecular flexibility index (Phi) is 4.10. The summed E-state index contributed by atoms with van der Waals surface area (Å²) < 4.78 is 5.13. The summed E-state index contributed by atoms with van der Waals surface area (Å²) in [7, 11) is 0. The molecule has 80 valence electrons. The molecule has 0 radical (unpaired) electrons. The van der Waals surface area contributed by atoms with Crippen LogP contribution in [0.15, 0.2) is 12.7 Å². The van der Waals surface area contributed by atoms with Crippen molar-refractivity contribution in [3.05, 3.63) is 12.7 Å². The molecule has 1 fully saturated rings. The minimum Gasteiger partial charge on any atom is -0.388 e. The van der Waals surface area contributed by atoms with Gasteiger partial charge in [0.05, 0.1) is 5.60 Å². The highest BCUT2D eigenvalue weighted by molar-refractivity contribution is 5.77. The summed E-state index contributed by atoms with van der Waals surface area (Å²) in [6.45, 7) is 4.90. The smallest absolute Gasteiger partial charge is 0.223 e. The molecule has 4 heteroatoms. The van der Waals surface area contributed by atoms with Crippen LogP contribution < -0.4 is 5.32 Å². The molecule has 0 aromatic rings. The van der Waals surface area contributed by atoms with Gasteiger partial charge in [0.1, 0.15) is 0 Å². The monoisotopic (exact) mass is 199 g/mol. The lowest BCUT2D eigenvalue weighted by atomic mass is 9.94. The third-order valence-electron chi connectivity index (χ3n) is 2.37. The molecule has 0 aromatic heterocycles. The molecule has 1 heterocycles. The fourth-order valence-corrected chi connectivity index (χ4v) is 1.39. The van der Waals surface area contributed by atoms with Crippen LogP contribution in [0.1, 0.15) is 19.3 Å². The molecule has 1 rings (SSSR count). The molecule has 1 aliphatic rings. The van der Waals surface area contributed by atoms with Crippen LogP contribution in [0.4, 0.5) is 0 Å². The second-order valence-corrected chi connectivity index (χ2v) is 3.61. The van der Waals surface area contributed by atoms with Crippen LogP contribution in [-0.4, -0.2) is 36.4 Å². The second kappa shape index (κ2) is 5.12. The van der Waals surface area contributed by atoms with Crippen molar-refractivity contribution in [3.8, 4) is 0 Å². The van der Waals surface area contributed by atoms with E-state index in [-0.39, 0.29) is 5.91 Å². The first-order valence-electron chi connectivity index (χ1n) is 4.84. The van der Waals surface area contributed by atoms with Crippen LogP contribution in [0, 0.1) is 0 Å². The molecule has 0 unspecified atom stereocenters. The Morgan fingerprint density at radius 3 is 2.79 bits per heavy atom. The predicted molar refractivity (Wildman–Crippen MR) is 52.8 cm³/mol. The van der Waals surface area contributed by atoms with Crippen LogP contribution in [0.3, 0.4) is 0 Å². The van der Waals surface area contributed by atoms with E-state index in [1.807, 2.05) is 0 Å². The van der Waals surface area contributed by atoms with Crippen molar-refractivity contribution in [1.29, 1.82) is 0 Å². The van der Waals surface area contributed by atoms with Gasteiger partial charge in [-0.3, -0.25) is 4.79 Å². The van der Waals surface area contributed by atoms with E-state index in [9.17, 15) is 9.90 Å². The van der Waals surface area contributed by atoms with E-state index in [4.69, 9.17) is 4.74 Å². The average Bonchev–Trinajstić information content (AvgIpc) is 2.17. The van der Waals surface area contributed by atoms with Crippen LogP contribution >= 0.6 is 0 Å². The van der Waals surface area contributed by atoms with Gasteiger partial charge in [0.25, 0.3) is 0 Å². The highest BCUT2D eigenvalue weighted by Gasteiger charge is 2.29. The molecule has 0 saturated carbocycles. The van der Waals surface area contributed by atoms with Gasteiger partial charge in [-0.15, -0.1) is 6.58 Å². The molecule has 1 amide bonds. The third-order valence-corrected chi connectivity index (χ3v) is 2.37. The van der Waals surface area contributed by atoms with Gasteiger partial charge in [-0.1, -0.05) is 6.08 Å². The normalized spacial score (nSPS) is 20.1. The summed E-state index contributed by atoms with van der Waals surface area (Å²) in [6, 6.07) is 0. The van der Waals surface area contributed by atoms with Crippen molar-refractivity contribution in [2.75, 3.05) is 19.8 Å². The molecular formula is C10H17NO3. The topological polar surface area (TPSA) is 58.6 Å². The number of hydrogen-bond acceptors (Lipinski definition) is 3. The van der Waals surface area contributed by atoms with E-state index in [0.29, 0.717) is 39.0 Å². The molecular weight excluding hydrogens is 182 g/mol. The summed E-state index contributed by atoms with van der Waals surface area (Å²) in [5, 5.41) is 12.6. The molecule has 0 aliphatic carbocycles. The van der Waals surface area contributed by atoms with Crippen molar-refractivity contribution in [2.45, 2.75) is 24.9 Å². The highest BCUT2D eigenvalue weighted by atomic mass is 16.5. The molecule has 14 heavy (non-hydrogen) atoms. The molecule has 2 N–H and O–H groups in total. The summed E-state index contributed by atoms with van der Waals surface area (Å²) in [5.74, 6) is -0.0973. The zero-order valence-corrected chi connectivity index (χ0v) is 8.29. The maximum absolute atomic E-state index is 11.1. The van der Waals surface area contributed by atoms with Crippen LogP contribution in [0.5, 0.6) is 0 Å². The molecule has 0 bridgehead atoms. The van der Waals surface area contributed by atoms with E-state index in [2.05, 4.69) is 11.9 Å². The molecule has 1 aliphatic heterocycles. The Morgan fingerprint density at radius 2 is 2.21 bits per heavy atom. The van der Waals surface area contributed by atoms with E-state index >= 15 is 0 Å². The standard InChI is InChI=1S/C10H17NO3/c1-2-3-9(12)11-8-10(13)4-6-14-7-5-10/h2,13H,1,3-8H2,(H,11,12). The van der Waals surface area contributed by atoms with Crippen molar-refractivity contribution in [2.24, 2.45) is 0 Å². The van der Waals surface area contributed by atoms with Crippen LogP contribution in [0.2, 0.25) is 0 Å². The number of carbonyl (C=O) groups excluding carboxylic acids is 1. The van der Waals surface area contributed by atoms with Crippen molar-refractivity contribution >= 4 is 5.91 Å². The molecule has 0 spiro atoms. The fourth-order valence-electron chi connectivity index (χ4n) is 1.39. The average molecular weight is 199 g/mol. The molecule has 1 saturated heterocycles. The van der Waals surface area contributed by atoms with Gasteiger partial charge in [-0.2, -0.15) is 0 Å². The van der Waals surface area contributed by atoms with Gasteiger partial charge in [0, 0.05) is 39.0 Å². The lowest BCUT2D eigenvalue weighted by Crippen LogP contribution is -2.46. The number of amides is 1. The summed E-state index contributed by atoms with van der Waals surface area (Å²) in [5.41, 5.74) is -0.783. The van der Waals surface area contributed by atoms with E-state index in [1.165, 1.54) is 0 Å². The van der Waals surface area contributed by atoms with E-state index in [0.717, 1.165) is 0 Å². The van der Waals surface area contributed by atoms with Crippen molar-refractivity contribution < 1.29 is 14.6 Å². The second-order valence-electron chi connectivity index (χ2n) is 3.61. The molecule has 0 aromatic carbocycles. The van der Waals surface area contributed by atoms with Crippen LogP contribution in [-0.2, 0) is 9.53 Å². The maximum Gasteiger partial charge on any atom is 0.223 e. The van der Waals surface area contributed by atoms with Gasteiger partial charge >= 0.3 is 0 Å². The SMILES string of the molecule is C=CCC(=O)NCC1(O)CCOCC1. The van der Waals surface area contributed by atoms with Crippen molar-refractivity contribution in [3.63, 3.8) is 0 Å². The number of rotatable bonds is 4. The number of aliphatic hydroxyl groups is 1. The summed E-state index contributed by atoms with van der Waals surface area (Å²) >= 11 is 0. The minimum absolute atomic E-state index is 0.0973. The Labute approximate surface area is 83.9 Å². The number of ether oxygens (including phenoxy) is 1. The molecule has 4 nitrogen and oxygen atoms in total. The lowest BCUT2D eigenvalue weighted by molar-refractivity contribution is -0.123. The first-order valence-corrected chi connectivity index (χ1v) is 4.84. The first kappa shape index (κ1) is 11.2. The number of hydrogen-bond donors (Lipinski definition) is 2. The third kappa shape index (κ3) is 3.47. The van der Waals surface area contributed by atoms with E-state index < -0.39 is 5.60 Å². The number of carbonyl (C=O) groups is 1. The Balaban J connectivity index is 2.27. The van der Waals surface area contributed by atoms with Gasteiger partial charge in [0.15, 0.2) is 0 Å². The van der Waals surface area contributed by atoms with Crippen LogP contribution in [0.25, 0.3) is 0 Å².